The van der Waals surface area contributed by atoms with Gasteiger partial charge < -0.3 is 0 Å². The zero-order valence-corrected chi connectivity index (χ0v) is 20.8. The van der Waals surface area contributed by atoms with Gasteiger partial charge in [-0.25, -0.2) is 0 Å². The molecule has 2 aromatic rings. The Balaban J connectivity index is 2.06. The number of alkyl halides is 3. The van der Waals surface area contributed by atoms with Crippen molar-refractivity contribution in [2.75, 3.05) is 0 Å². The summed E-state index contributed by atoms with van der Waals surface area (Å²) in [5.41, 5.74) is 2.19. The highest BCUT2D eigenvalue weighted by Crippen LogP contribution is 2.51. The van der Waals surface area contributed by atoms with E-state index in [1.165, 1.54) is 12.1 Å². The minimum Gasteiger partial charge on any atom is -0.282 e. The predicted octanol–water partition coefficient (Wildman–Crippen LogP) is 7.61. The molecule has 1 saturated heterocycles. The van der Waals surface area contributed by atoms with E-state index in [-0.39, 0.29) is 21.3 Å². The van der Waals surface area contributed by atoms with Gasteiger partial charge in [-0.3, -0.25) is 14.9 Å². The molecule has 2 aliphatic rings. The fraction of sp³-hybridized carbons (Fsp3) is 0.407. The number of amides is 2. The lowest BCUT2D eigenvalue weighted by Crippen LogP contribution is -2.34. The first-order valence-electron chi connectivity index (χ1n) is 11.4. The Hall–Kier alpha value is -2.54. The average molecular weight is 488 g/mol. The lowest BCUT2D eigenvalue weighted by molar-refractivity contribution is -0.137. The number of imide groups is 1. The summed E-state index contributed by atoms with van der Waals surface area (Å²) in [4.78, 5) is 24.0. The summed E-state index contributed by atoms with van der Waals surface area (Å²) in [5, 5.41) is 1.72. The summed E-state index contributed by atoms with van der Waals surface area (Å²) in [6, 6.07) is 8.36. The molecule has 1 N–H and O–H groups in total. The largest absolute Gasteiger partial charge is 0.417 e. The third-order valence-corrected chi connectivity index (χ3v) is 7.87. The van der Waals surface area contributed by atoms with Gasteiger partial charge in [-0.15, -0.1) is 0 Å². The maximum Gasteiger partial charge on any atom is 0.417 e. The molecule has 34 heavy (non-hydrogen) atoms. The van der Waals surface area contributed by atoms with Gasteiger partial charge in [-0.2, -0.15) is 13.2 Å². The normalized spacial score (nSPS) is 20.4. The average Bonchev–Trinajstić information content (AvgIpc) is 3.06. The fourth-order valence-corrected chi connectivity index (χ4v) is 5.65. The lowest BCUT2D eigenvalue weighted by Gasteiger charge is -2.42. The molecule has 1 aliphatic heterocycles. The quantitative estimate of drug-likeness (QED) is 0.453. The number of aryl methyl sites for hydroxylation is 1. The van der Waals surface area contributed by atoms with Crippen LogP contribution in [0.25, 0.3) is 17.2 Å². The number of hydrogen-bond donors (Lipinski definition) is 1. The van der Waals surface area contributed by atoms with Crippen LogP contribution < -0.4 is 5.32 Å². The fourth-order valence-electron chi connectivity index (χ4n) is 4.98. The van der Waals surface area contributed by atoms with Crippen LogP contribution in [-0.2, 0) is 28.2 Å². The third kappa shape index (κ3) is 4.30. The molecule has 0 bridgehead atoms. The highest BCUT2D eigenvalue weighted by atomic mass is 32.2. The topological polar surface area (TPSA) is 46.2 Å². The molecular formula is C27H28F3NO2S. The van der Waals surface area contributed by atoms with E-state index in [4.69, 9.17) is 0 Å². The molecule has 0 aromatic heterocycles. The number of nitrogens with one attached hydrogen (secondary N) is 1. The van der Waals surface area contributed by atoms with E-state index in [1.54, 1.807) is 18.2 Å². The molecule has 2 aromatic carbocycles. The lowest BCUT2D eigenvalue weighted by atomic mass is 9.62. The monoisotopic (exact) mass is 487 g/mol. The number of halogens is 3. The Kier molecular flexibility index (Phi) is 6.00. The second kappa shape index (κ2) is 8.29. The van der Waals surface area contributed by atoms with Crippen LogP contribution in [0, 0.1) is 0 Å². The van der Waals surface area contributed by atoms with E-state index in [0.717, 1.165) is 41.3 Å². The molecule has 3 nitrogen and oxygen atoms in total. The Morgan fingerprint density at radius 3 is 2.18 bits per heavy atom. The number of carbonyl (C=O) groups excluding carboxylic acids is 2. The number of carbonyl (C=O) groups is 2. The highest BCUT2D eigenvalue weighted by molar-refractivity contribution is 8.18. The first-order valence-corrected chi connectivity index (χ1v) is 12.2. The summed E-state index contributed by atoms with van der Waals surface area (Å²) in [5.74, 6) is -0.535. The van der Waals surface area contributed by atoms with E-state index < -0.39 is 22.9 Å². The molecule has 1 aliphatic carbocycles. The molecule has 7 heteroatoms. The molecule has 1 heterocycles. The minimum atomic E-state index is -4.55. The summed E-state index contributed by atoms with van der Waals surface area (Å²) in [6.45, 7) is 10.1. The molecule has 0 atom stereocenters. The van der Waals surface area contributed by atoms with Gasteiger partial charge in [-0.1, -0.05) is 52.8 Å². The highest BCUT2D eigenvalue weighted by Gasteiger charge is 2.42. The van der Waals surface area contributed by atoms with Crippen molar-refractivity contribution >= 4 is 29.0 Å². The van der Waals surface area contributed by atoms with Crippen molar-refractivity contribution in [2.24, 2.45) is 0 Å². The van der Waals surface area contributed by atoms with Gasteiger partial charge in [0.15, 0.2) is 0 Å². The molecule has 0 spiro atoms. The molecule has 4 rings (SSSR count). The number of rotatable bonds is 3. The molecular weight excluding hydrogens is 459 g/mol. The number of thioether (sulfide) groups is 1. The van der Waals surface area contributed by atoms with Gasteiger partial charge >= 0.3 is 6.18 Å². The van der Waals surface area contributed by atoms with E-state index in [0.29, 0.717) is 17.5 Å². The van der Waals surface area contributed by atoms with Crippen molar-refractivity contribution in [3.8, 4) is 11.1 Å². The van der Waals surface area contributed by atoms with Gasteiger partial charge in [-0.05, 0) is 93.4 Å². The Labute approximate surface area is 202 Å². The standard InChI is InChI=1S/C27H28F3NO2S/c1-6-15-8-7-9-16(12-21-23(32)31-24(33)34-21)22(15)17-13-19-20(14-18(17)27(28,29)30)26(4,5)11-10-25(19,2)3/h7-9,12-14H,6,10-11H2,1-5H3,(H,31,32,33). The second-order valence-corrected chi connectivity index (χ2v) is 11.3. The summed E-state index contributed by atoms with van der Waals surface area (Å²) >= 11 is 0.757. The van der Waals surface area contributed by atoms with Crippen LogP contribution in [0.5, 0.6) is 0 Å². The van der Waals surface area contributed by atoms with Gasteiger partial charge in [0, 0.05) is 0 Å². The predicted molar refractivity (Wildman–Crippen MR) is 131 cm³/mol. The Morgan fingerprint density at radius 1 is 1.03 bits per heavy atom. The molecule has 2 amide bonds. The molecule has 0 unspecified atom stereocenters. The first-order chi connectivity index (χ1) is 15.7. The molecule has 0 radical (unpaired) electrons. The van der Waals surface area contributed by atoms with Gasteiger partial charge in [0.05, 0.1) is 10.5 Å². The van der Waals surface area contributed by atoms with Crippen molar-refractivity contribution < 1.29 is 22.8 Å². The second-order valence-electron chi connectivity index (χ2n) is 10.3. The van der Waals surface area contributed by atoms with Crippen molar-refractivity contribution in [1.29, 1.82) is 0 Å². The summed E-state index contributed by atoms with van der Waals surface area (Å²) < 4.78 is 43.5. The van der Waals surface area contributed by atoms with Crippen molar-refractivity contribution in [3.05, 3.63) is 63.1 Å². The number of hydrogen-bond acceptors (Lipinski definition) is 3. The Morgan fingerprint density at radius 2 is 1.65 bits per heavy atom. The van der Waals surface area contributed by atoms with Gasteiger partial charge in [0.2, 0.25) is 0 Å². The van der Waals surface area contributed by atoms with Crippen LogP contribution in [0.1, 0.15) is 75.3 Å². The van der Waals surface area contributed by atoms with E-state index in [9.17, 15) is 22.8 Å². The van der Waals surface area contributed by atoms with Crippen molar-refractivity contribution in [1.82, 2.24) is 5.32 Å². The van der Waals surface area contributed by atoms with Crippen LogP contribution in [0.15, 0.2) is 35.2 Å². The third-order valence-electron chi connectivity index (χ3n) is 7.06. The first kappa shape index (κ1) is 24.6. The van der Waals surface area contributed by atoms with E-state index in [1.807, 2.05) is 26.8 Å². The Bertz CT molecular complexity index is 1230. The van der Waals surface area contributed by atoms with Crippen LogP contribution >= 0.6 is 11.8 Å². The van der Waals surface area contributed by atoms with Crippen molar-refractivity contribution in [3.63, 3.8) is 0 Å². The number of fused-ring (bicyclic) bond motifs is 1. The SMILES string of the molecule is CCc1cccc(C=C2SC(=O)NC2=O)c1-c1cc2c(cc1C(F)(F)F)C(C)(C)CCC2(C)C. The maximum absolute atomic E-state index is 14.5. The van der Waals surface area contributed by atoms with Crippen LogP contribution in [0.2, 0.25) is 0 Å². The zero-order valence-electron chi connectivity index (χ0n) is 19.9. The van der Waals surface area contributed by atoms with Gasteiger partial charge in [0.1, 0.15) is 0 Å². The summed E-state index contributed by atoms with van der Waals surface area (Å²) in [7, 11) is 0. The summed E-state index contributed by atoms with van der Waals surface area (Å²) in [6.07, 6.45) is -0.819. The molecule has 180 valence electrons. The van der Waals surface area contributed by atoms with E-state index >= 15 is 0 Å². The van der Waals surface area contributed by atoms with Crippen LogP contribution in [0.3, 0.4) is 0 Å². The van der Waals surface area contributed by atoms with Crippen molar-refractivity contribution in [2.45, 2.75) is 70.9 Å². The van der Waals surface area contributed by atoms with E-state index in [2.05, 4.69) is 19.2 Å². The van der Waals surface area contributed by atoms with Gasteiger partial charge in [0.25, 0.3) is 11.1 Å². The molecule has 1 fully saturated rings. The number of benzene rings is 2. The minimum absolute atomic E-state index is 0.121. The molecule has 0 saturated carbocycles. The van der Waals surface area contributed by atoms with Crippen LogP contribution in [0.4, 0.5) is 18.0 Å². The zero-order chi connectivity index (χ0) is 25.1. The maximum atomic E-state index is 14.5. The smallest absolute Gasteiger partial charge is 0.282 e. The van der Waals surface area contributed by atoms with Crippen LogP contribution in [-0.4, -0.2) is 11.1 Å².